The van der Waals surface area contributed by atoms with Crippen molar-refractivity contribution in [2.75, 3.05) is 0 Å². The van der Waals surface area contributed by atoms with Gasteiger partial charge in [-0.15, -0.1) is 11.8 Å². The van der Waals surface area contributed by atoms with Gasteiger partial charge in [-0.3, -0.25) is 13.9 Å². The van der Waals surface area contributed by atoms with Gasteiger partial charge < -0.3 is 9.52 Å². The second kappa shape index (κ2) is 7.63. The zero-order valence-corrected chi connectivity index (χ0v) is 19.1. The maximum absolute atomic E-state index is 13.0. The molecule has 9 nitrogen and oxygen atoms in total. The van der Waals surface area contributed by atoms with Crippen LogP contribution in [0.25, 0.3) is 22.0 Å². The molecule has 0 aliphatic carbocycles. The van der Waals surface area contributed by atoms with Crippen molar-refractivity contribution in [1.82, 2.24) is 19.1 Å². The zero-order valence-electron chi connectivity index (χ0n) is 18.3. The molecule has 0 saturated heterocycles. The fraction of sp³-hybridized carbons (Fsp3) is 0.318. The summed E-state index contributed by atoms with van der Waals surface area (Å²) >= 11 is 1.28. The Hall–Kier alpha value is -3.40. The summed E-state index contributed by atoms with van der Waals surface area (Å²) in [7, 11) is 2.99. The average molecular weight is 455 g/mol. The lowest BCUT2D eigenvalue weighted by Gasteiger charge is -2.19. The van der Waals surface area contributed by atoms with Gasteiger partial charge in [0, 0.05) is 42.8 Å². The maximum Gasteiger partial charge on any atom is 0.336 e. The molecular formula is C22H22N4O5S. The number of phenolic OH excluding ortho intramolecular Hbond substituents is 1. The standard InChI is InChI=1S/C22H22N4O5S/c1-22(2,3)20-23-17-16(19(29)26(5)21(30)25(17)4)18(24-20)32-10-11-8-15(28)31-14-9-12(27)6-7-13(11)14/h6-9,27H,10H2,1-5H3. The molecule has 1 aromatic carbocycles. The van der Waals surface area contributed by atoms with Crippen molar-refractivity contribution in [3.05, 3.63) is 66.9 Å². The van der Waals surface area contributed by atoms with E-state index in [2.05, 4.69) is 9.97 Å². The molecule has 0 aliphatic heterocycles. The summed E-state index contributed by atoms with van der Waals surface area (Å²) in [5.41, 5.74) is -0.695. The fourth-order valence-corrected chi connectivity index (χ4v) is 4.36. The molecule has 3 heterocycles. The van der Waals surface area contributed by atoms with Gasteiger partial charge in [-0.25, -0.2) is 19.6 Å². The molecule has 1 N–H and O–H groups in total. The number of fused-ring (bicyclic) bond motifs is 2. The number of thioether (sulfide) groups is 1. The van der Waals surface area contributed by atoms with Crippen molar-refractivity contribution in [1.29, 1.82) is 0 Å². The van der Waals surface area contributed by atoms with Gasteiger partial charge in [0.1, 0.15) is 27.6 Å². The second-order valence-corrected chi connectivity index (χ2v) is 9.53. The van der Waals surface area contributed by atoms with Crippen LogP contribution in [0.1, 0.15) is 32.2 Å². The summed E-state index contributed by atoms with van der Waals surface area (Å²) in [6.45, 7) is 5.85. The highest BCUT2D eigenvalue weighted by Crippen LogP contribution is 2.31. The minimum Gasteiger partial charge on any atom is -0.508 e. The van der Waals surface area contributed by atoms with E-state index in [1.54, 1.807) is 13.1 Å². The Balaban J connectivity index is 1.92. The van der Waals surface area contributed by atoms with Gasteiger partial charge in [0.05, 0.1) is 0 Å². The van der Waals surface area contributed by atoms with Crippen LogP contribution in [-0.2, 0) is 25.3 Å². The summed E-state index contributed by atoms with van der Waals surface area (Å²) in [6.07, 6.45) is 0. The number of rotatable bonds is 3. The Morgan fingerprint density at radius 3 is 2.47 bits per heavy atom. The lowest BCUT2D eigenvalue weighted by molar-refractivity contribution is 0.473. The third-order valence-corrected chi connectivity index (χ3v) is 6.14. The molecular weight excluding hydrogens is 432 g/mol. The number of benzene rings is 1. The minimum absolute atomic E-state index is 0.00789. The van der Waals surface area contributed by atoms with Crippen molar-refractivity contribution in [2.24, 2.45) is 14.1 Å². The Bertz CT molecular complexity index is 1560. The number of hydrogen-bond donors (Lipinski definition) is 1. The van der Waals surface area contributed by atoms with E-state index in [1.165, 1.54) is 41.6 Å². The average Bonchev–Trinajstić information content (AvgIpc) is 2.72. The van der Waals surface area contributed by atoms with E-state index in [4.69, 9.17) is 4.42 Å². The van der Waals surface area contributed by atoms with Crippen LogP contribution in [0.4, 0.5) is 0 Å². The van der Waals surface area contributed by atoms with Crippen LogP contribution in [0.2, 0.25) is 0 Å². The molecule has 4 rings (SSSR count). The van der Waals surface area contributed by atoms with Crippen molar-refractivity contribution in [3.8, 4) is 5.75 Å². The third-order valence-electron chi connectivity index (χ3n) is 5.12. The molecule has 3 aromatic heterocycles. The molecule has 32 heavy (non-hydrogen) atoms. The highest BCUT2D eigenvalue weighted by molar-refractivity contribution is 7.98. The van der Waals surface area contributed by atoms with Gasteiger partial charge >= 0.3 is 11.3 Å². The molecule has 0 aliphatic rings. The number of aromatic hydroxyl groups is 1. The molecule has 10 heteroatoms. The summed E-state index contributed by atoms with van der Waals surface area (Å²) < 4.78 is 7.56. The number of phenols is 1. The van der Waals surface area contributed by atoms with Crippen LogP contribution < -0.4 is 16.9 Å². The van der Waals surface area contributed by atoms with E-state index in [1.807, 2.05) is 20.8 Å². The quantitative estimate of drug-likeness (QED) is 0.285. The Morgan fingerprint density at radius 1 is 1.06 bits per heavy atom. The van der Waals surface area contributed by atoms with Gasteiger partial charge in [0.25, 0.3) is 5.56 Å². The summed E-state index contributed by atoms with van der Waals surface area (Å²) in [4.78, 5) is 46.6. The molecule has 0 fully saturated rings. The first-order valence-corrected chi connectivity index (χ1v) is 10.8. The van der Waals surface area contributed by atoms with E-state index in [0.29, 0.717) is 27.6 Å². The summed E-state index contributed by atoms with van der Waals surface area (Å²) in [5.74, 6) is 0.804. The van der Waals surface area contributed by atoms with E-state index in [0.717, 1.165) is 4.57 Å². The highest BCUT2D eigenvalue weighted by atomic mass is 32.2. The van der Waals surface area contributed by atoms with E-state index in [-0.39, 0.29) is 22.4 Å². The van der Waals surface area contributed by atoms with Gasteiger partial charge in [-0.2, -0.15) is 0 Å². The van der Waals surface area contributed by atoms with Crippen LogP contribution in [0, 0.1) is 0 Å². The van der Waals surface area contributed by atoms with Crippen molar-refractivity contribution >= 4 is 33.8 Å². The number of nitrogens with zero attached hydrogens (tertiary/aromatic N) is 4. The van der Waals surface area contributed by atoms with Gasteiger partial charge in [0.2, 0.25) is 0 Å². The first-order chi connectivity index (χ1) is 15.0. The fourth-order valence-electron chi connectivity index (χ4n) is 3.35. The van der Waals surface area contributed by atoms with Crippen LogP contribution >= 0.6 is 11.8 Å². The molecule has 0 spiro atoms. The number of aromatic nitrogens is 4. The van der Waals surface area contributed by atoms with E-state index < -0.39 is 22.3 Å². The summed E-state index contributed by atoms with van der Waals surface area (Å²) in [6, 6.07) is 5.95. The Labute approximate surface area is 186 Å². The SMILES string of the molecule is Cn1c(=O)c2c(SCc3cc(=O)oc4cc(O)ccc34)nc(C(C)(C)C)nc2n(C)c1=O. The number of hydrogen-bond acceptors (Lipinski definition) is 8. The molecule has 0 atom stereocenters. The predicted octanol–water partition coefficient (Wildman–Crippen LogP) is 2.43. The Kier molecular flexibility index (Phi) is 5.20. The first-order valence-electron chi connectivity index (χ1n) is 9.84. The molecule has 0 radical (unpaired) electrons. The third kappa shape index (κ3) is 3.70. The van der Waals surface area contributed by atoms with Crippen LogP contribution in [0.15, 0.2) is 48.1 Å². The van der Waals surface area contributed by atoms with Crippen molar-refractivity contribution in [2.45, 2.75) is 37.0 Å². The molecule has 0 bridgehead atoms. The van der Waals surface area contributed by atoms with Crippen molar-refractivity contribution in [3.63, 3.8) is 0 Å². The molecule has 0 amide bonds. The minimum atomic E-state index is -0.542. The topological polar surface area (TPSA) is 120 Å². The van der Waals surface area contributed by atoms with Crippen LogP contribution in [0.3, 0.4) is 0 Å². The van der Waals surface area contributed by atoms with Crippen LogP contribution in [0.5, 0.6) is 5.75 Å². The molecule has 4 aromatic rings. The van der Waals surface area contributed by atoms with Gasteiger partial charge in [-0.05, 0) is 17.7 Å². The largest absolute Gasteiger partial charge is 0.508 e. The lowest BCUT2D eigenvalue weighted by atomic mass is 9.96. The lowest BCUT2D eigenvalue weighted by Crippen LogP contribution is -2.38. The predicted molar refractivity (Wildman–Crippen MR) is 122 cm³/mol. The normalized spacial score (nSPS) is 12.0. The van der Waals surface area contributed by atoms with Gasteiger partial charge in [-0.1, -0.05) is 20.8 Å². The first kappa shape index (κ1) is 21.8. The van der Waals surface area contributed by atoms with Gasteiger partial charge in [0.15, 0.2) is 5.65 Å². The van der Waals surface area contributed by atoms with E-state index in [9.17, 15) is 19.5 Å². The summed E-state index contributed by atoms with van der Waals surface area (Å²) in [5, 5.41) is 11.0. The molecule has 0 saturated carbocycles. The van der Waals surface area contributed by atoms with Crippen LogP contribution in [-0.4, -0.2) is 24.2 Å². The smallest absolute Gasteiger partial charge is 0.336 e. The Morgan fingerprint density at radius 2 is 1.78 bits per heavy atom. The van der Waals surface area contributed by atoms with E-state index >= 15 is 0 Å². The highest BCUT2D eigenvalue weighted by Gasteiger charge is 2.24. The monoisotopic (exact) mass is 454 g/mol. The second-order valence-electron chi connectivity index (χ2n) is 8.57. The van der Waals surface area contributed by atoms with Crippen molar-refractivity contribution < 1.29 is 9.52 Å². The zero-order chi connectivity index (χ0) is 23.4. The molecule has 166 valence electrons. The number of aryl methyl sites for hydroxylation is 1. The molecule has 0 unspecified atom stereocenters. The maximum atomic E-state index is 13.0.